The maximum Gasteiger partial charge on any atom is 0.110 e. The second-order valence-electron chi connectivity index (χ2n) is 3.81. The van der Waals surface area contributed by atoms with Gasteiger partial charge in [0.25, 0.3) is 0 Å². The van der Waals surface area contributed by atoms with Crippen molar-refractivity contribution in [1.29, 1.82) is 0 Å². The molecule has 0 amide bonds. The van der Waals surface area contributed by atoms with Gasteiger partial charge in [-0.25, -0.2) is 0 Å². The lowest BCUT2D eigenvalue weighted by Gasteiger charge is -2.28. The van der Waals surface area contributed by atoms with Gasteiger partial charge in [0.1, 0.15) is 5.60 Å². The lowest BCUT2D eigenvalue weighted by atomic mass is 9.85. The third kappa shape index (κ3) is 1.75. The maximum atomic E-state index is 10.3. The minimum absolute atomic E-state index is 0.187. The number of hydrogen-bond donors (Lipinski definition) is 1. The Kier molecular flexibility index (Phi) is 2.76. The average molecular weight is 182 g/mol. The van der Waals surface area contributed by atoms with Crippen molar-refractivity contribution in [1.82, 2.24) is 9.78 Å². The first-order valence-electron chi connectivity index (χ1n) is 4.73. The summed E-state index contributed by atoms with van der Waals surface area (Å²) in [6, 6.07) is 1.88. The van der Waals surface area contributed by atoms with E-state index in [1.807, 2.05) is 40.1 Å². The highest BCUT2D eigenvalue weighted by atomic mass is 16.3. The van der Waals surface area contributed by atoms with Crippen LogP contribution in [0.1, 0.15) is 32.9 Å². The average Bonchev–Trinajstić information content (AvgIpc) is 2.50. The molecule has 0 bridgehead atoms. The van der Waals surface area contributed by atoms with Crippen LogP contribution in [0.3, 0.4) is 0 Å². The van der Waals surface area contributed by atoms with Crippen molar-refractivity contribution < 1.29 is 5.11 Å². The first-order valence-corrected chi connectivity index (χ1v) is 4.73. The Morgan fingerprint density at radius 3 is 2.54 bits per heavy atom. The van der Waals surface area contributed by atoms with Gasteiger partial charge in [-0.3, -0.25) is 4.68 Å². The summed E-state index contributed by atoms with van der Waals surface area (Å²) in [7, 11) is 1.86. The minimum atomic E-state index is -0.777. The van der Waals surface area contributed by atoms with Gasteiger partial charge in [-0.2, -0.15) is 5.10 Å². The fraction of sp³-hybridized carbons (Fsp3) is 0.700. The van der Waals surface area contributed by atoms with Gasteiger partial charge in [0.15, 0.2) is 0 Å². The highest BCUT2D eigenvalue weighted by molar-refractivity contribution is 5.11. The molecule has 74 valence electrons. The van der Waals surface area contributed by atoms with Gasteiger partial charge in [-0.1, -0.05) is 20.8 Å². The van der Waals surface area contributed by atoms with Crippen LogP contribution in [0.15, 0.2) is 12.3 Å². The quantitative estimate of drug-likeness (QED) is 0.772. The predicted molar refractivity (Wildman–Crippen MR) is 52.2 cm³/mol. The molecule has 3 nitrogen and oxygen atoms in total. The fourth-order valence-corrected chi connectivity index (χ4v) is 1.53. The van der Waals surface area contributed by atoms with Crippen LogP contribution in [-0.4, -0.2) is 14.9 Å². The van der Waals surface area contributed by atoms with E-state index in [4.69, 9.17) is 0 Å². The normalized spacial score (nSPS) is 16.2. The van der Waals surface area contributed by atoms with Crippen molar-refractivity contribution in [2.45, 2.75) is 32.8 Å². The second kappa shape index (κ2) is 3.50. The molecule has 1 N–H and O–H groups in total. The molecule has 1 rings (SSSR count). The Bertz CT molecular complexity index is 280. The fourth-order valence-electron chi connectivity index (χ4n) is 1.53. The molecule has 1 unspecified atom stereocenters. The molecule has 0 saturated carbocycles. The molecule has 3 heteroatoms. The van der Waals surface area contributed by atoms with Crippen LogP contribution < -0.4 is 0 Å². The van der Waals surface area contributed by atoms with Crippen LogP contribution in [0.5, 0.6) is 0 Å². The van der Waals surface area contributed by atoms with Crippen LogP contribution in [0.2, 0.25) is 0 Å². The number of aryl methyl sites for hydroxylation is 1. The van der Waals surface area contributed by atoms with E-state index < -0.39 is 5.60 Å². The molecule has 1 aromatic rings. The molecule has 0 aliphatic rings. The van der Waals surface area contributed by atoms with Crippen LogP contribution in [-0.2, 0) is 12.6 Å². The summed E-state index contributed by atoms with van der Waals surface area (Å²) in [5.74, 6) is 0.187. The topological polar surface area (TPSA) is 38.0 Å². The summed E-state index contributed by atoms with van der Waals surface area (Å²) in [4.78, 5) is 0. The van der Waals surface area contributed by atoms with Gasteiger partial charge in [0, 0.05) is 13.2 Å². The molecule has 0 fully saturated rings. The van der Waals surface area contributed by atoms with Gasteiger partial charge in [-0.05, 0) is 18.4 Å². The highest BCUT2D eigenvalue weighted by Gasteiger charge is 2.33. The summed E-state index contributed by atoms with van der Waals surface area (Å²) >= 11 is 0. The SMILES string of the molecule is CCC(O)(c1ccn(C)n1)C(C)C. The van der Waals surface area contributed by atoms with Crippen LogP contribution in [0, 0.1) is 5.92 Å². The third-order valence-corrected chi connectivity index (χ3v) is 2.65. The molecule has 0 aliphatic carbocycles. The van der Waals surface area contributed by atoms with E-state index in [-0.39, 0.29) is 5.92 Å². The van der Waals surface area contributed by atoms with E-state index in [2.05, 4.69) is 5.10 Å². The number of aliphatic hydroxyl groups is 1. The highest BCUT2D eigenvalue weighted by Crippen LogP contribution is 2.31. The minimum Gasteiger partial charge on any atom is -0.383 e. The zero-order chi connectivity index (χ0) is 10.1. The molecular weight excluding hydrogens is 164 g/mol. The Morgan fingerprint density at radius 1 is 1.62 bits per heavy atom. The molecular formula is C10H18N2O. The summed E-state index contributed by atoms with van der Waals surface area (Å²) in [5, 5.41) is 14.5. The molecule has 1 atom stereocenters. The van der Waals surface area contributed by atoms with E-state index in [0.29, 0.717) is 6.42 Å². The second-order valence-corrected chi connectivity index (χ2v) is 3.81. The lowest BCUT2D eigenvalue weighted by Crippen LogP contribution is -2.31. The van der Waals surface area contributed by atoms with Gasteiger partial charge < -0.3 is 5.11 Å². The number of nitrogens with zero attached hydrogens (tertiary/aromatic N) is 2. The van der Waals surface area contributed by atoms with Gasteiger partial charge in [0.2, 0.25) is 0 Å². The zero-order valence-corrected chi connectivity index (χ0v) is 8.78. The molecule has 1 aromatic heterocycles. The molecule has 13 heavy (non-hydrogen) atoms. The first kappa shape index (κ1) is 10.3. The van der Waals surface area contributed by atoms with Crippen LogP contribution >= 0.6 is 0 Å². The molecule has 0 saturated heterocycles. The van der Waals surface area contributed by atoms with Crippen molar-refractivity contribution in [3.05, 3.63) is 18.0 Å². The molecule has 0 radical (unpaired) electrons. The monoisotopic (exact) mass is 182 g/mol. The van der Waals surface area contributed by atoms with Crippen molar-refractivity contribution in [2.24, 2.45) is 13.0 Å². The number of aromatic nitrogens is 2. The molecule has 0 aliphatic heterocycles. The molecule has 1 heterocycles. The van der Waals surface area contributed by atoms with E-state index in [9.17, 15) is 5.11 Å². The smallest absolute Gasteiger partial charge is 0.110 e. The van der Waals surface area contributed by atoms with Crippen LogP contribution in [0.4, 0.5) is 0 Å². The predicted octanol–water partition coefficient (Wildman–Crippen LogP) is 1.67. The molecule has 0 aromatic carbocycles. The Morgan fingerprint density at radius 2 is 2.23 bits per heavy atom. The largest absolute Gasteiger partial charge is 0.383 e. The zero-order valence-electron chi connectivity index (χ0n) is 8.78. The van der Waals surface area contributed by atoms with Crippen molar-refractivity contribution in [2.75, 3.05) is 0 Å². The summed E-state index contributed by atoms with van der Waals surface area (Å²) in [6.07, 6.45) is 2.56. The van der Waals surface area contributed by atoms with Crippen LogP contribution in [0.25, 0.3) is 0 Å². The summed E-state index contributed by atoms with van der Waals surface area (Å²) in [5.41, 5.74) is -0.00569. The van der Waals surface area contributed by atoms with E-state index in [1.165, 1.54) is 0 Å². The first-order chi connectivity index (χ1) is 6.00. The third-order valence-electron chi connectivity index (χ3n) is 2.65. The number of hydrogen-bond acceptors (Lipinski definition) is 2. The summed E-state index contributed by atoms with van der Waals surface area (Å²) < 4.78 is 1.72. The maximum absolute atomic E-state index is 10.3. The Balaban J connectivity index is 3.02. The number of rotatable bonds is 3. The lowest BCUT2D eigenvalue weighted by molar-refractivity contribution is -0.0184. The standard InChI is InChI=1S/C10H18N2O/c1-5-10(13,8(2)3)9-6-7-12(4)11-9/h6-8,13H,5H2,1-4H3. The van der Waals surface area contributed by atoms with E-state index >= 15 is 0 Å². The van der Waals surface area contributed by atoms with E-state index in [1.54, 1.807) is 4.68 Å². The Labute approximate surface area is 79.4 Å². The Hall–Kier alpha value is -0.830. The van der Waals surface area contributed by atoms with Gasteiger partial charge >= 0.3 is 0 Å². The molecule has 0 spiro atoms. The van der Waals surface area contributed by atoms with Crippen molar-refractivity contribution in [3.8, 4) is 0 Å². The summed E-state index contributed by atoms with van der Waals surface area (Å²) in [6.45, 7) is 6.01. The van der Waals surface area contributed by atoms with Crippen molar-refractivity contribution >= 4 is 0 Å². The van der Waals surface area contributed by atoms with Gasteiger partial charge in [-0.15, -0.1) is 0 Å². The van der Waals surface area contributed by atoms with E-state index in [0.717, 1.165) is 5.69 Å². The van der Waals surface area contributed by atoms with Gasteiger partial charge in [0.05, 0.1) is 5.69 Å². The van der Waals surface area contributed by atoms with Crippen molar-refractivity contribution in [3.63, 3.8) is 0 Å².